The van der Waals surface area contributed by atoms with Crippen LogP contribution in [0.1, 0.15) is 79.1 Å². The molecule has 0 saturated heterocycles. The van der Waals surface area contributed by atoms with Gasteiger partial charge in [0, 0.05) is 12.3 Å². The monoisotopic (exact) mass is 420 g/mol. The van der Waals surface area contributed by atoms with Crippen LogP contribution in [-0.4, -0.2) is 36.4 Å². The normalized spacial score (nSPS) is 48.7. The highest BCUT2D eigenvalue weighted by atomic mass is 16.5. The Bertz CT molecular complexity index is 691. The van der Waals surface area contributed by atoms with Crippen molar-refractivity contribution < 1.29 is 24.2 Å². The average molecular weight is 421 g/mol. The number of esters is 2. The van der Waals surface area contributed by atoms with Gasteiger partial charge in [-0.05, 0) is 86.4 Å². The molecular formula is C25H40O5. The molecule has 0 aromatic heterocycles. The van der Waals surface area contributed by atoms with Gasteiger partial charge in [0.1, 0.15) is 6.10 Å². The van der Waals surface area contributed by atoms with E-state index in [9.17, 15) is 14.7 Å². The van der Waals surface area contributed by atoms with Gasteiger partial charge in [0.2, 0.25) is 0 Å². The van der Waals surface area contributed by atoms with Crippen LogP contribution < -0.4 is 0 Å². The van der Waals surface area contributed by atoms with E-state index in [1.54, 1.807) is 0 Å². The molecule has 4 saturated carbocycles. The maximum Gasteiger partial charge on any atom is 0.308 e. The molecule has 0 spiro atoms. The van der Waals surface area contributed by atoms with Crippen LogP contribution in [0.4, 0.5) is 0 Å². The highest BCUT2D eigenvalue weighted by molar-refractivity contribution is 5.72. The molecule has 30 heavy (non-hydrogen) atoms. The van der Waals surface area contributed by atoms with Crippen molar-refractivity contribution >= 4 is 11.9 Å². The zero-order valence-electron chi connectivity index (χ0n) is 19.4. The van der Waals surface area contributed by atoms with E-state index in [0.29, 0.717) is 23.7 Å². The van der Waals surface area contributed by atoms with E-state index in [1.807, 2.05) is 6.92 Å². The lowest BCUT2D eigenvalue weighted by Gasteiger charge is -2.62. The number of hydrogen-bond donors (Lipinski definition) is 1. The first-order valence-electron chi connectivity index (χ1n) is 12.1. The molecule has 0 bridgehead atoms. The smallest absolute Gasteiger partial charge is 0.308 e. The molecular weight excluding hydrogens is 380 g/mol. The summed E-state index contributed by atoms with van der Waals surface area (Å²) in [6, 6.07) is 0. The van der Waals surface area contributed by atoms with E-state index in [2.05, 4.69) is 13.8 Å². The molecule has 0 aromatic carbocycles. The second kappa shape index (κ2) is 7.79. The maximum absolute atomic E-state index is 12.3. The predicted molar refractivity (Wildman–Crippen MR) is 113 cm³/mol. The summed E-state index contributed by atoms with van der Waals surface area (Å²) in [4.78, 5) is 23.8. The Morgan fingerprint density at radius 1 is 1.03 bits per heavy atom. The van der Waals surface area contributed by atoms with E-state index < -0.39 is 0 Å². The van der Waals surface area contributed by atoms with Crippen LogP contribution >= 0.6 is 0 Å². The second-order valence-corrected chi connectivity index (χ2v) is 11.3. The Kier molecular flexibility index (Phi) is 5.74. The van der Waals surface area contributed by atoms with Gasteiger partial charge in [-0.25, -0.2) is 0 Å². The molecule has 1 N–H and O–H groups in total. The molecule has 5 nitrogen and oxygen atoms in total. The number of aliphatic hydroxyl groups excluding tert-OH is 1. The molecule has 4 aliphatic rings. The van der Waals surface area contributed by atoms with Crippen molar-refractivity contribution in [2.45, 2.75) is 91.3 Å². The van der Waals surface area contributed by atoms with Gasteiger partial charge in [-0.2, -0.15) is 0 Å². The molecule has 4 fully saturated rings. The Balaban J connectivity index is 1.56. The summed E-state index contributed by atoms with van der Waals surface area (Å²) in [7, 11) is 1.47. The van der Waals surface area contributed by atoms with Gasteiger partial charge in [-0.1, -0.05) is 20.8 Å². The lowest BCUT2D eigenvalue weighted by atomic mass is 9.43. The van der Waals surface area contributed by atoms with Crippen molar-refractivity contribution in [1.29, 1.82) is 0 Å². The van der Waals surface area contributed by atoms with E-state index in [-0.39, 0.29) is 46.8 Å². The molecule has 0 radical (unpaired) electrons. The van der Waals surface area contributed by atoms with Gasteiger partial charge in [0.05, 0.1) is 19.1 Å². The summed E-state index contributed by atoms with van der Waals surface area (Å²) < 4.78 is 10.6. The van der Waals surface area contributed by atoms with Crippen molar-refractivity contribution in [1.82, 2.24) is 0 Å². The average Bonchev–Trinajstić information content (AvgIpc) is 3.06. The number of rotatable bonds is 3. The largest absolute Gasteiger partial charge is 0.469 e. The third-order valence-corrected chi connectivity index (χ3v) is 10.3. The van der Waals surface area contributed by atoms with E-state index in [1.165, 1.54) is 26.9 Å². The summed E-state index contributed by atoms with van der Waals surface area (Å²) in [6.45, 7) is 8.19. The number of carbonyl (C=O) groups is 2. The zero-order chi connectivity index (χ0) is 21.8. The summed E-state index contributed by atoms with van der Waals surface area (Å²) in [6.07, 6.45) is 8.03. The Hall–Kier alpha value is -1.10. The Morgan fingerprint density at radius 3 is 2.43 bits per heavy atom. The van der Waals surface area contributed by atoms with Crippen molar-refractivity contribution in [3.63, 3.8) is 0 Å². The lowest BCUT2D eigenvalue weighted by molar-refractivity contribution is -0.183. The summed E-state index contributed by atoms with van der Waals surface area (Å²) in [5.74, 6) is 1.91. The van der Waals surface area contributed by atoms with Crippen molar-refractivity contribution in [2.75, 3.05) is 7.11 Å². The van der Waals surface area contributed by atoms with E-state index in [0.717, 1.165) is 38.5 Å². The molecule has 10 atom stereocenters. The first kappa shape index (κ1) is 22.1. The minimum absolute atomic E-state index is 0.0627. The van der Waals surface area contributed by atoms with Crippen molar-refractivity contribution in [2.24, 2.45) is 46.3 Å². The third-order valence-electron chi connectivity index (χ3n) is 10.3. The minimum atomic E-state index is -0.370. The van der Waals surface area contributed by atoms with Gasteiger partial charge < -0.3 is 14.6 Å². The van der Waals surface area contributed by atoms with Gasteiger partial charge in [0.25, 0.3) is 0 Å². The Labute approximate surface area is 181 Å². The van der Waals surface area contributed by atoms with Crippen LogP contribution in [0.15, 0.2) is 0 Å². The first-order chi connectivity index (χ1) is 14.1. The fraction of sp³-hybridized carbons (Fsp3) is 0.920. The fourth-order valence-corrected chi connectivity index (χ4v) is 8.73. The van der Waals surface area contributed by atoms with Crippen molar-refractivity contribution in [3.8, 4) is 0 Å². The number of ether oxygens (including phenoxy) is 2. The third kappa shape index (κ3) is 3.22. The number of aliphatic hydroxyl groups is 1. The van der Waals surface area contributed by atoms with Gasteiger partial charge in [-0.15, -0.1) is 0 Å². The zero-order valence-corrected chi connectivity index (χ0v) is 19.4. The predicted octanol–water partition coefficient (Wildman–Crippen LogP) is 4.36. The molecule has 4 aliphatic carbocycles. The minimum Gasteiger partial charge on any atom is -0.469 e. The number of hydrogen-bond acceptors (Lipinski definition) is 5. The van der Waals surface area contributed by atoms with Crippen LogP contribution in [0.3, 0.4) is 0 Å². The first-order valence-corrected chi connectivity index (χ1v) is 12.1. The van der Waals surface area contributed by atoms with Crippen LogP contribution in [0.5, 0.6) is 0 Å². The van der Waals surface area contributed by atoms with Crippen LogP contribution in [0.25, 0.3) is 0 Å². The van der Waals surface area contributed by atoms with Gasteiger partial charge in [-0.3, -0.25) is 9.59 Å². The molecule has 4 rings (SSSR count). The van der Waals surface area contributed by atoms with Crippen LogP contribution in [0.2, 0.25) is 0 Å². The molecule has 5 heteroatoms. The number of fused-ring (bicyclic) bond motifs is 5. The second-order valence-electron chi connectivity index (χ2n) is 11.3. The summed E-state index contributed by atoms with van der Waals surface area (Å²) in [5.41, 5.74) is 0.0147. The topological polar surface area (TPSA) is 72.8 Å². The van der Waals surface area contributed by atoms with Gasteiger partial charge in [0.15, 0.2) is 0 Å². The lowest BCUT2D eigenvalue weighted by Crippen LogP contribution is -2.59. The van der Waals surface area contributed by atoms with E-state index in [4.69, 9.17) is 9.47 Å². The van der Waals surface area contributed by atoms with E-state index >= 15 is 0 Å². The van der Waals surface area contributed by atoms with Crippen LogP contribution in [0, 0.1) is 46.3 Å². The highest BCUT2D eigenvalue weighted by Gasteiger charge is 2.64. The van der Waals surface area contributed by atoms with Crippen LogP contribution in [-0.2, 0) is 19.1 Å². The molecule has 0 aliphatic heterocycles. The molecule has 0 heterocycles. The van der Waals surface area contributed by atoms with Gasteiger partial charge >= 0.3 is 11.9 Å². The maximum atomic E-state index is 12.3. The fourth-order valence-electron chi connectivity index (χ4n) is 8.73. The Morgan fingerprint density at radius 2 is 1.77 bits per heavy atom. The number of methoxy groups -OCH3 is 1. The van der Waals surface area contributed by atoms with Crippen molar-refractivity contribution in [3.05, 3.63) is 0 Å². The quantitative estimate of drug-likeness (QED) is 0.687. The highest BCUT2D eigenvalue weighted by Crippen LogP contribution is 2.68. The molecule has 0 amide bonds. The summed E-state index contributed by atoms with van der Waals surface area (Å²) in [5, 5.41) is 11.5. The SMILES string of the molecule is COC(=O)C(C)C1CCC2C3CC[C@@H]4C[C@H](OC(C)=O)CC[C@]4(C)C3C[C@H](O)[C@]12C. The molecule has 0 aromatic rings. The molecule has 170 valence electrons. The molecule has 5 unspecified atom stereocenters. The standard InChI is InChI=1S/C25H40O5/c1-14(23(28)29-5)19-8-9-20-18-7-6-16-12-17(30-15(2)26)10-11-24(16,3)21(18)13-22(27)25(19,20)4/h14,16-22,27H,6-13H2,1-5H3/t14?,16-,17-,18?,19?,20?,21?,22+,24+,25-/m1/s1. The summed E-state index contributed by atoms with van der Waals surface area (Å²) >= 11 is 0. The number of carbonyl (C=O) groups excluding carboxylic acids is 2.